The molecule has 16 heavy (non-hydrogen) atoms. The van der Waals surface area contributed by atoms with E-state index in [4.69, 9.17) is 10.8 Å². The fourth-order valence-corrected chi connectivity index (χ4v) is 1.04. The molecule has 0 saturated carbocycles. The van der Waals surface area contributed by atoms with Crippen LogP contribution < -0.4 is 16.4 Å². The summed E-state index contributed by atoms with van der Waals surface area (Å²) >= 11 is 0. The number of carboxylic acids is 1. The van der Waals surface area contributed by atoms with Gasteiger partial charge in [0.2, 0.25) is 5.91 Å². The van der Waals surface area contributed by atoms with Crippen LogP contribution >= 0.6 is 0 Å². The van der Waals surface area contributed by atoms with Crippen LogP contribution in [0.2, 0.25) is 0 Å². The second-order valence-corrected chi connectivity index (χ2v) is 3.49. The number of aliphatic carboxylic acids is 1. The van der Waals surface area contributed by atoms with Crippen LogP contribution in [0.4, 0.5) is 4.79 Å². The molecule has 0 aliphatic rings. The number of urea groups is 1. The first-order chi connectivity index (χ1) is 7.38. The van der Waals surface area contributed by atoms with Crippen molar-refractivity contribution in [3.63, 3.8) is 0 Å². The Morgan fingerprint density at radius 1 is 1.38 bits per heavy atom. The van der Waals surface area contributed by atoms with Crippen molar-refractivity contribution in [2.24, 2.45) is 11.7 Å². The summed E-state index contributed by atoms with van der Waals surface area (Å²) < 4.78 is 0. The van der Waals surface area contributed by atoms with Crippen LogP contribution in [-0.4, -0.2) is 35.6 Å². The predicted molar refractivity (Wildman–Crippen MR) is 56.6 cm³/mol. The average molecular weight is 231 g/mol. The van der Waals surface area contributed by atoms with Gasteiger partial charge in [-0.25, -0.2) is 9.59 Å². The van der Waals surface area contributed by atoms with Crippen LogP contribution in [0, 0.1) is 5.92 Å². The lowest BCUT2D eigenvalue weighted by molar-refractivity contribution is -0.140. The molecule has 0 aromatic rings. The standard InChI is InChI=1S/C9H17N3O4/c1-3-5(2)7(8(14)15)12-9(16)11-4-6(10)13/h5,7H,3-4H2,1-2H3,(H2,10,13)(H,14,15)(H2,11,12,16). The lowest BCUT2D eigenvalue weighted by Crippen LogP contribution is -2.50. The summed E-state index contributed by atoms with van der Waals surface area (Å²) in [5, 5.41) is 13.3. The summed E-state index contributed by atoms with van der Waals surface area (Å²) in [4.78, 5) is 32.4. The van der Waals surface area contributed by atoms with Gasteiger partial charge in [-0.15, -0.1) is 0 Å². The zero-order chi connectivity index (χ0) is 12.7. The van der Waals surface area contributed by atoms with E-state index in [1.54, 1.807) is 6.92 Å². The number of hydrogen-bond donors (Lipinski definition) is 4. The van der Waals surface area contributed by atoms with E-state index < -0.39 is 23.9 Å². The van der Waals surface area contributed by atoms with Crippen LogP contribution in [0.3, 0.4) is 0 Å². The molecule has 0 aliphatic heterocycles. The molecule has 92 valence electrons. The Bertz CT molecular complexity index is 280. The molecule has 2 atom stereocenters. The van der Waals surface area contributed by atoms with E-state index in [2.05, 4.69) is 10.6 Å². The monoisotopic (exact) mass is 231 g/mol. The summed E-state index contributed by atoms with van der Waals surface area (Å²) in [5.74, 6) is -1.99. The highest BCUT2D eigenvalue weighted by Gasteiger charge is 2.25. The molecule has 0 spiro atoms. The molecule has 0 rings (SSSR count). The van der Waals surface area contributed by atoms with Crippen molar-refractivity contribution < 1.29 is 19.5 Å². The molecule has 0 heterocycles. The molecule has 0 aromatic carbocycles. The van der Waals surface area contributed by atoms with E-state index in [-0.39, 0.29) is 12.5 Å². The van der Waals surface area contributed by atoms with Gasteiger partial charge >= 0.3 is 12.0 Å². The summed E-state index contributed by atoms with van der Waals surface area (Å²) in [5.41, 5.74) is 4.82. The maximum absolute atomic E-state index is 11.2. The molecule has 7 nitrogen and oxygen atoms in total. The molecule has 5 N–H and O–H groups in total. The van der Waals surface area contributed by atoms with Gasteiger partial charge in [-0.1, -0.05) is 20.3 Å². The van der Waals surface area contributed by atoms with Gasteiger partial charge in [0.15, 0.2) is 0 Å². The Morgan fingerprint density at radius 3 is 2.31 bits per heavy atom. The van der Waals surface area contributed by atoms with Gasteiger partial charge in [-0.05, 0) is 5.92 Å². The largest absolute Gasteiger partial charge is 0.480 e. The van der Waals surface area contributed by atoms with Gasteiger partial charge in [0.25, 0.3) is 0 Å². The first kappa shape index (κ1) is 14.2. The van der Waals surface area contributed by atoms with Gasteiger partial charge in [-0.2, -0.15) is 0 Å². The zero-order valence-electron chi connectivity index (χ0n) is 9.32. The maximum atomic E-state index is 11.2. The van der Waals surface area contributed by atoms with Gasteiger partial charge in [0.05, 0.1) is 6.54 Å². The highest BCUT2D eigenvalue weighted by atomic mass is 16.4. The number of amides is 3. The van der Waals surface area contributed by atoms with E-state index in [0.717, 1.165) is 0 Å². The number of nitrogens with two attached hydrogens (primary N) is 1. The number of carboxylic acid groups (broad SMARTS) is 1. The quantitative estimate of drug-likeness (QED) is 0.481. The molecule has 0 bridgehead atoms. The average Bonchev–Trinajstić information content (AvgIpc) is 2.21. The van der Waals surface area contributed by atoms with E-state index in [1.165, 1.54) is 0 Å². The minimum Gasteiger partial charge on any atom is -0.480 e. The third-order valence-electron chi connectivity index (χ3n) is 2.19. The molecule has 7 heteroatoms. The molecule has 0 radical (unpaired) electrons. The van der Waals surface area contributed by atoms with Gasteiger partial charge in [0.1, 0.15) is 6.04 Å². The van der Waals surface area contributed by atoms with Crippen LogP contribution in [0.25, 0.3) is 0 Å². The first-order valence-electron chi connectivity index (χ1n) is 4.94. The zero-order valence-corrected chi connectivity index (χ0v) is 9.32. The fraction of sp³-hybridized carbons (Fsp3) is 0.667. The van der Waals surface area contributed by atoms with Crippen molar-refractivity contribution in [2.75, 3.05) is 6.54 Å². The summed E-state index contributed by atoms with van der Waals surface area (Å²) in [6.45, 7) is 3.22. The number of carbonyl (C=O) groups excluding carboxylic acids is 2. The minimum absolute atomic E-state index is 0.197. The lowest BCUT2D eigenvalue weighted by Gasteiger charge is -2.20. The molecule has 2 unspecified atom stereocenters. The minimum atomic E-state index is -1.11. The number of primary amides is 1. The normalized spacial score (nSPS) is 13.6. The van der Waals surface area contributed by atoms with Crippen molar-refractivity contribution >= 4 is 17.9 Å². The first-order valence-corrected chi connectivity index (χ1v) is 4.94. The summed E-state index contributed by atoms with van der Waals surface area (Å²) in [6, 6.07) is -1.69. The Kier molecular flexibility index (Phi) is 5.91. The van der Waals surface area contributed by atoms with E-state index in [1.807, 2.05) is 6.92 Å². The van der Waals surface area contributed by atoms with Crippen molar-refractivity contribution in [3.05, 3.63) is 0 Å². The highest BCUT2D eigenvalue weighted by Crippen LogP contribution is 2.07. The van der Waals surface area contributed by atoms with Crippen LogP contribution in [0.5, 0.6) is 0 Å². The van der Waals surface area contributed by atoms with E-state index in [9.17, 15) is 14.4 Å². The van der Waals surface area contributed by atoms with E-state index >= 15 is 0 Å². The molecule has 0 aromatic heterocycles. The van der Waals surface area contributed by atoms with E-state index in [0.29, 0.717) is 6.42 Å². The summed E-state index contributed by atoms with van der Waals surface area (Å²) in [6.07, 6.45) is 0.618. The van der Waals surface area contributed by atoms with Crippen LogP contribution in [-0.2, 0) is 9.59 Å². The Hall–Kier alpha value is -1.79. The van der Waals surface area contributed by atoms with Crippen molar-refractivity contribution in [1.82, 2.24) is 10.6 Å². The number of rotatable bonds is 6. The SMILES string of the molecule is CCC(C)C(NC(=O)NCC(N)=O)C(=O)O. The van der Waals surface area contributed by atoms with Crippen LogP contribution in [0.15, 0.2) is 0 Å². The topological polar surface area (TPSA) is 122 Å². The van der Waals surface area contributed by atoms with Crippen molar-refractivity contribution in [2.45, 2.75) is 26.3 Å². The Labute approximate surface area is 93.4 Å². The fourth-order valence-electron chi connectivity index (χ4n) is 1.04. The lowest BCUT2D eigenvalue weighted by atomic mass is 9.99. The van der Waals surface area contributed by atoms with Gasteiger partial charge in [0, 0.05) is 0 Å². The van der Waals surface area contributed by atoms with Crippen LogP contribution in [0.1, 0.15) is 20.3 Å². The summed E-state index contributed by atoms with van der Waals surface area (Å²) in [7, 11) is 0. The molecule has 3 amide bonds. The molecular weight excluding hydrogens is 214 g/mol. The van der Waals surface area contributed by atoms with Gasteiger partial charge < -0.3 is 21.5 Å². The van der Waals surface area contributed by atoms with Crippen molar-refractivity contribution in [1.29, 1.82) is 0 Å². The number of hydrogen-bond acceptors (Lipinski definition) is 3. The second kappa shape index (κ2) is 6.65. The highest BCUT2D eigenvalue weighted by molar-refractivity contribution is 5.86. The van der Waals surface area contributed by atoms with Crippen molar-refractivity contribution in [3.8, 4) is 0 Å². The molecule has 0 fully saturated rings. The molecule has 0 aliphatic carbocycles. The predicted octanol–water partition coefficient (Wildman–Crippen LogP) is -0.730. The number of nitrogens with one attached hydrogen (secondary N) is 2. The smallest absolute Gasteiger partial charge is 0.326 e. The second-order valence-electron chi connectivity index (χ2n) is 3.49. The third kappa shape index (κ3) is 5.18. The molecular formula is C9H17N3O4. The Morgan fingerprint density at radius 2 is 1.94 bits per heavy atom. The third-order valence-corrected chi connectivity index (χ3v) is 2.19. The van der Waals surface area contributed by atoms with Gasteiger partial charge in [-0.3, -0.25) is 4.79 Å². The Balaban J connectivity index is 4.24. The molecule has 0 saturated heterocycles. The maximum Gasteiger partial charge on any atom is 0.326 e. The number of carbonyl (C=O) groups is 3.